The molecule has 19 heavy (non-hydrogen) atoms. The van der Waals surface area contributed by atoms with Crippen molar-refractivity contribution >= 4 is 26.0 Å². The predicted octanol–water partition coefficient (Wildman–Crippen LogP) is 1.42. The van der Waals surface area contributed by atoms with E-state index in [-0.39, 0.29) is 9.56 Å². The molecule has 0 saturated carbocycles. The van der Waals surface area contributed by atoms with Gasteiger partial charge in [-0.1, -0.05) is 0 Å². The van der Waals surface area contributed by atoms with E-state index < -0.39 is 10.0 Å². The Morgan fingerprint density at radius 3 is 2.79 bits per heavy atom. The number of rotatable bonds is 8. The quantitative estimate of drug-likeness (QED) is 0.714. The van der Waals surface area contributed by atoms with Crippen LogP contribution in [-0.2, 0) is 21.3 Å². The maximum atomic E-state index is 12.3. The van der Waals surface area contributed by atoms with Crippen LogP contribution in [0.5, 0.6) is 0 Å². The largest absolute Gasteiger partial charge is 0.452 e. The first-order chi connectivity index (χ1) is 8.93. The lowest BCUT2D eigenvalue weighted by molar-refractivity contribution is 0.138. The fraction of sp³-hybridized carbons (Fsp3) is 0.636. The number of hydrogen-bond donors (Lipinski definition) is 1. The van der Waals surface area contributed by atoms with Gasteiger partial charge in [-0.2, -0.15) is 4.31 Å². The Labute approximate surface area is 122 Å². The molecule has 6 nitrogen and oxygen atoms in total. The van der Waals surface area contributed by atoms with E-state index in [1.807, 2.05) is 6.92 Å². The van der Waals surface area contributed by atoms with Gasteiger partial charge in [0.1, 0.15) is 10.7 Å². The summed E-state index contributed by atoms with van der Waals surface area (Å²) in [7, 11) is -0.281. The average Bonchev–Trinajstić information content (AvgIpc) is 2.71. The molecule has 1 heterocycles. The van der Waals surface area contributed by atoms with Crippen LogP contribution in [0.1, 0.15) is 12.7 Å². The van der Waals surface area contributed by atoms with Gasteiger partial charge in [-0.15, -0.1) is 0 Å². The molecule has 0 radical (unpaired) electrons. The van der Waals surface area contributed by atoms with E-state index in [2.05, 4.69) is 21.2 Å². The number of halogens is 1. The number of sulfonamides is 1. The zero-order valence-electron chi connectivity index (χ0n) is 11.3. The molecule has 0 unspecified atom stereocenters. The van der Waals surface area contributed by atoms with Crippen molar-refractivity contribution in [1.82, 2.24) is 9.62 Å². The topological polar surface area (TPSA) is 71.8 Å². The molecule has 0 saturated heterocycles. The molecule has 110 valence electrons. The van der Waals surface area contributed by atoms with Crippen LogP contribution < -0.4 is 5.32 Å². The number of nitrogens with one attached hydrogen (secondary N) is 1. The standard InChI is InChI=1S/C11H19BrN2O4S/c1-4-17-6-5-14(3)19(15,16)10-7-9(8-13-2)18-11(10)12/h7,13H,4-6,8H2,1-3H3. The van der Waals surface area contributed by atoms with Crippen molar-refractivity contribution in [3.8, 4) is 0 Å². The zero-order valence-corrected chi connectivity index (χ0v) is 13.7. The first-order valence-corrected chi connectivity index (χ1v) is 8.13. The van der Waals surface area contributed by atoms with Crippen molar-refractivity contribution in [2.45, 2.75) is 18.4 Å². The summed E-state index contributed by atoms with van der Waals surface area (Å²) in [6.45, 7) is 3.57. The Morgan fingerprint density at radius 2 is 2.21 bits per heavy atom. The third-order valence-electron chi connectivity index (χ3n) is 2.50. The Bertz CT molecular complexity index is 501. The second-order valence-corrected chi connectivity index (χ2v) is 6.64. The lowest BCUT2D eigenvalue weighted by Crippen LogP contribution is -2.30. The first-order valence-electron chi connectivity index (χ1n) is 5.90. The summed E-state index contributed by atoms with van der Waals surface area (Å²) in [4.78, 5) is 0.136. The minimum Gasteiger partial charge on any atom is -0.452 e. The maximum Gasteiger partial charge on any atom is 0.247 e. The molecular formula is C11H19BrN2O4S. The predicted molar refractivity (Wildman–Crippen MR) is 75.5 cm³/mol. The summed E-state index contributed by atoms with van der Waals surface area (Å²) in [5.41, 5.74) is 0. The molecule has 1 aromatic heterocycles. The molecule has 0 spiro atoms. The molecule has 0 amide bonds. The molecule has 1 aromatic rings. The van der Waals surface area contributed by atoms with Crippen molar-refractivity contribution < 1.29 is 17.6 Å². The molecule has 0 aliphatic heterocycles. The maximum absolute atomic E-state index is 12.3. The van der Waals surface area contributed by atoms with Gasteiger partial charge in [-0.05, 0) is 29.9 Å². The van der Waals surface area contributed by atoms with E-state index in [0.717, 1.165) is 0 Å². The van der Waals surface area contributed by atoms with E-state index in [0.29, 0.717) is 32.1 Å². The van der Waals surface area contributed by atoms with Gasteiger partial charge >= 0.3 is 0 Å². The summed E-state index contributed by atoms with van der Waals surface area (Å²) in [6.07, 6.45) is 0. The van der Waals surface area contributed by atoms with Gasteiger partial charge in [0.25, 0.3) is 0 Å². The van der Waals surface area contributed by atoms with Crippen molar-refractivity contribution in [2.24, 2.45) is 0 Å². The monoisotopic (exact) mass is 354 g/mol. The van der Waals surface area contributed by atoms with E-state index in [4.69, 9.17) is 9.15 Å². The van der Waals surface area contributed by atoms with Crippen LogP contribution in [0, 0.1) is 0 Å². The number of likely N-dealkylation sites (N-methyl/N-ethyl adjacent to an activating group) is 1. The summed E-state index contributed by atoms with van der Waals surface area (Å²) in [6, 6.07) is 1.52. The molecule has 1 N–H and O–H groups in total. The molecule has 0 aliphatic rings. The lowest BCUT2D eigenvalue weighted by atomic mass is 10.4. The summed E-state index contributed by atoms with van der Waals surface area (Å²) < 4.78 is 36.6. The fourth-order valence-electron chi connectivity index (χ4n) is 1.46. The average molecular weight is 355 g/mol. The van der Waals surface area contributed by atoms with Crippen LogP contribution in [0.15, 0.2) is 20.0 Å². The van der Waals surface area contributed by atoms with Crippen LogP contribution in [0.4, 0.5) is 0 Å². The smallest absolute Gasteiger partial charge is 0.247 e. The molecule has 0 fully saturated rings. The molecule has 0 aromatic carbocycles. The normalized spacial score (nSPS) is 12.3. The summed E-state index contributed by atoms with van der Waals surface area (Å²) in [5.74, 6) is 0.561. The molecule has 8 heteroatoms. The van der Waals surface area contributed by atoms with Crippen LogP contribution in [0.25, 0.3) is 0 Å². The summed E-state index contributed by atoms with van der Waals surface area (Å²) in [5, 5.41) is 2.90. The van der Waals surface area contributed by atoms with Crippen LogP contribution in [0.2, 0.25) is 0 Å². The van der Waals surface area contributed by atoms with Gasteiger partial charge in [-0.3, -0.25) is 0 Å². The Morgan fingerprint density at radius 1 is 1.53 bits per heavy atom. The second-order valence-electron chi connectivity index (χ2n) is 3.90. The van der Waals surface area contributed by atoms with Crippen molar-refractivity contribution in [3.05, 3.63) is 16.5 Å². The molecule has 0 aliphatic carbocycles. The van der Waals surface area contributed by atoms with E-state index in [1.54, 1.807) is 7.05 Å². The van der Waals surface area contributed by atoms with Gasteiger partial charge in [0.05, 0.1) is 13.2 Å². The Balaban J connectivity index is 2.86. The molecular weight excluding hydrogens is 336 g/mol. The Kier molecular flexibility index (Phi) is 6.48. The highest BCUT2D eigenvalue weighted by Crippen LogP contribution is 2.28. The zero-order chi connectivity index (χ0) is 14.5. The highest BCUT2D eigenvalue weighted by atomic mass is 79.9. The van der Waals surface area contributed by atoms with Crippen LogP contribution in [-0.4, -0.2) is 46.6 Å². The highest BCUT2D eigenvalue weighted by Gasteiger charge is 2.26. The van der Waals surface area contributed by atoms with Gasteiger partial charge in [-0.25, -0.2) is 8.42 Å². The number of hydrogen-bond acceptors (Lipinski definition) is 5. The van der Waals surface area contributed by atoms with Gasteiger partial charge in [0.15, 0.2) is 4.67 Å². The minimum atomic E-state index is -3.56. The minimum absolute atomic E-state index is 0.136. The van der Waals surface area contributed by atoms with Crippen molar-refractivity contribution in [2.75, 3.05) is 33.9 Å². The first kappa shape index (κ1) is 16.6. The lowest BCUT2D eigenvalue weighted by Gasteiger charge is -2.15. The van der Waals surface area contributed by atoms with Crippen LogP contribution in [0.3, 0.4) is 0 Å². The van der Waals surface area contributed by atoms with Crippen molar-refractivity contribution in [1.29, 1.82) is 0 Å². The van der Waals surface area contributed by atoms with Gasteiger partial charge < -0.3 is 14.5 Å². The van der Waals surface area contributed by atoms with E-state index in [1.165, 1.54) is 17.4 Å². The molecule has 0 atom stereocenters. The Hall–Kier alpha value is -0.410. The second kappa shape index (κ2) is 7.39. The number of furan rings is 1. The third-order valence-corrected chi connectivity index (χ3v) is 5.21. The van der Waals surface area contributed by atoms with Gasteiger partial charge in [0.2, 0.25) is 10.0 Å². The third kappa shape index (κ3) is 4.28. The van der Waals surface area contributed by atoms with E-state index in [9.17, 15) is 8.42 Å². The van der Waals surface area contributed by atoms with Crippen LogP contribution >= 0.6 is 15.9 Å². The summed E-state index contributed by atoms with van der Waals surface area (Å²) >= 11 is 3.14. The van der Waals surface area contributed by atoms with Gasteiger partial charge in [0, 0.05) is 26.3 Å². The SMILES string of the molecule is CCOCCN(C)S(=O)(=O)c1cc(CNC)oc1Br. The molecule has 1 rings (SSSR count). The fourth-order valence-corrected chi connectivity index (χ4v) is 3.57. The van der Waals surface area contributed by atoms with E-state index >= 15 is 0 Å². The van der Waals surface area contributed by atoms with Crippen molar-refractivity contribution in [3.63, 3.8) is 0 Å². The highest BCUT2D eigenvalue weighted by molar-refractivity contribution is 9.10. The molecule has 0 bridgehead atoms. The number of ether oxygens (including phenoxy) is 1. The number of nitrogens with zero attached hydrogens (tertiary/aromatic N) is 1.